The molecule has 1 aromatic carbocycles. The molecule has 1 amide bonds. The molecule has 1 saturated heterocycles. The third-order valence-electron chi connectivity index (χ3n) is 8.92. The average Bonchev–Trinajstić information content (AvgIpc) is 3.88. The Morgan fingerprint density at radius 3 is 2.80 bits per heavy atom. The molecular formula is C32H36F2N8O2. The number of nitrogens with zero attached hydrogens (tertiary/aromatic N) is 8. The van der Waals surface area contributed by atoms with Crippen LogP contribution in [0, 0.1) is 12.4 Å². The van der Waals surface area contributed by atoms with Crippen molar-refractivity contribution in [1.29, 1.82) is 0 Å². The van der Waals surface area contributed by atoms with Gasteiger partial charge in [0, 0.05) is 60.8 Å². The molecule has 1 aliphatic carbocycles. The highest BCUT2D eigenvalue weighted by Crippen LogP contribution is 2.35. The number of carbonyl (C=O) groups excluding carboxylic acids is 1. The molecule has 0 spiro atoms. The monoisotopic (exact) mass is 602 g/mol. The quantitative estimate of drug-likeness (QED) is 0.269. The summed E-state index contributed by atoms with van der Waals surface area (Å²) in [7, 11) is 2.10. The van der Waals surface area contributed by atoms with Gasteiger partial charge in [0.15, 0.2) is 5.83 Å². The van der Waals surface area contributed by atoms with Gasteiger partial charge in [-0.05, 0) is 39.3 Å². The van der Waals surface area contributed by atoms with Crippen molar-refractivity contribution in [3.8, 4) is 6.01 Å². The molecule has 0 bridgehead atoms. The predicted octanol–water partition coefficient (Wildman–Crippen LogP) is 4.01. The fourth-order valence-electron chi connectivity index (χ4n) is 6.22. The number of rotatable bonds is 9. The van der Waals surface area contributed by atoms with Crippen LogP contribution in [0.4, 0.5) is 20.3 Å². The maximum Gasteiger partial charge on any atom is 0.318 e. The van der Waals surface area contributed by atoms with Crippen LogP contribution in [0.1, 0.15) is 31.0 Å². The minimum Gasteiger partial charge on any atom is -0.462 e. The Kier molecular flexibility index (Phi) is 8.31. The number of pyridine rings is 1. The summed E-state index contributed by atoms with van der Waals surface area (Å²) in [6, 6.07) is 5.45. The third-order valence-corrected chi connectivity index (χ3v) is 8.92. The standard InChI is InChI=1S/C32H36F2N8O2/c1-20(39(4)23-8-9-23)19-44-32-37-27-18-40(28-16-36-14-22-6-5-7-26(34)29(22)28)11-10-25(27)30(38-32)41-12-13-42(31(43)21(2)33)24(17-41)15-35-3/h5-7,14,16,20,23-24H,2,8-13,15,17-19H2,1,4H3/t20-,24-/m0/s1. The van der Waals surface area contributed by atoms with Gasteiger partial charge in [0.1, 0.15) is 24.3 Å². The summed E-state index contributed by atoms with van der Waals surface area (Å²) in [6.07, 6.45) is 6.32. The summed E-state index contributed by atoms with van der Waals surface area (Å²) in [4.78, 5) is 37.9. The number of hydrogen-bond acceptors (Lipinski definition) is 8. The molecule has 4 heterocycles. The van der Waals surface area contributed by atoms with Crippen LogP contribution in [-0.2, 0) is 17.8 Å². The SMILES string of the molecule is [C-]#[N+]C[C@H]1CN(c2nc(OC[C@H](C)N(C)C3CC3)nc3c2CCN(c2cncc4cccc(F)c24)C3)CCN1C(=O)C(=C)F. The molecule has 10 nitrogen and oxygen atoms in total. The highest BCUT2D eigenvalue weighted by atomic mass is 19.1. The molecule has 2 fully saturated rings. The van der Waals surface area contributed by atoms with Gasteiger partial charge in [-0.2, -0.15) is 9.97 Å². The number of benzene rings is 1. The van der Waals surface area contributed by atoms with Gasteiger partial charge in [-0.1, -0.05) is 18.7 Å². The molecule has 230 valence electrons. The minimum absolute atomic E-state index is 0.0323. The lowest BCUT2D eigenvalue weighted by molar-refractivity contribution is -0.131. The molecule has 2 aliphatic heterocycles. The average molecular weight is 603 g/mol. The maximum atomic E-state index is 15.0. The lowest BCUT2D eigenvalue weighted by Crippen LogP contribution is -2.57. The highest BCUT2D eigenvalue weighted by Gasteiger charge is 2.36. The number of carbonyl (C=O) groups is 1. The van der Waals surface area contributed by atoms with E-state index in [-0.39, 0.29) is 31.0 Å². The number of likely N-dealkylation sites (N-methyl/N-ethyl adjacent to an activating group) is 1. The fraction of sp³-hybridized carbons (Fsp3) is 0.469. The van der Waals surface area contributed by atoms with Crippen molar-refractivity contribution < 1.29 is 18.3 Å². The van der Waals surface area contributed by atoms with E-state index < -0.39 is 17.8 Å². The summed E-state index contributed by atoms with van der Waals surface area (Å²) < 4.78 is 35.0. The summed E-state index contributed by atoms with van der Waals surface area (Å²) in [5, 5.41) is 1.24. The molecule has 3 aliphatic rings. The van der Waals surface area contributed by atoms with E-state index in [9.17, 15) is 9.18 Å². The predicted molar refractivity (Wildman–Crippen MR) is 164 cm³/mol. The van der Waals surface area contributed by atoms with Gasteiger partial charge in [-0.3, -0.25) is 14.7 Å². The van der Waals surface area contributed by atoms with Gasteiger partial charge in [0.25, 0.3) is 5.91 Å². The summed E-state index contributed by atoms with van der Waals surface area (Å²) in [5.74, 6) is -1.43. The topological polar surface area (TPSA) is 82.3 Å². The van der Waals surface area contributed by atoms with E-state index in [1.165, 1.54) is 23.8 Å². The van der Waals surface area contributed by atoms with Crippen LogP contribution in [0.5, 0.6) is 6.01 Å². The number of ether oxygens (including phenoxy) is 1. The van der Waals surface area contributed by atoms with E-state index in [0.29, 0.717) is 62.1 Å². The molecule has 0 unspecified atom stereocenters. The lowest BCUT2D eigenvalue weighted by atomic mass is 10.0. The second-order valence-electron chi connectivity index (χ2n) is 11.8. The van der Waals surface area contributed by atoms with E-state index in [1.54, 1.807) is 18.5 Å². The number of anilines is 2. The lowest BCUT2D eigenvalue weighted by Gasteiger charge is -2.41. The number of fused-ring (bicyclic) bond motifs is 2. The van der Waals surface area contributed by atoms with Gasteiger partial charge in [0.05, 0.1) is 24.1 Å². The van der Waals surface area contributed by atoms with E-state index in [4.69, 9.17) is 21.3 Å². The van der Waals surface area contributed by atoms with Crippen LogP contribution < -0.4 is 14.5 Å². The largest absolute Gasteiger partial charge is 0.462 e. The Hall–Kier alpha value is -4.37. The van der Waals surface area contributed by atoms with Crippen molar-refractivity contribution in [3.05, 3.63) is 71.5 Å². The molecule has 1 saturated carbocycles. The van der Waals surface area contributed by atoms with Crippen LogP contribution in [0.3, 0.4) is 0 Å². The Bertz CT molecular complexity index is 1620. The van der Waals surface area contributed by atoms with Crippen molar-refractivity contribution in [3.63, 3.8) is 0 Å². The van der Waals surface area contributed by atoms with Crippen molar-refractivity contribution in [2.24, 2.45) is 0 Å². The molecule has 2 atom stereocenters. The molecule has 0 radical (unpaired) electrons. The molecule has 0 N–H and O–H groups in total. The van der Waals surface area contributed by atoms with Crippen molar-refractivity contribution in [1.82, 2.24) is 24.8 Å². The number of aromatic nitrogens is 3. The normalized spacial score (nSPS) is 19.1. The smallest absolute Gasteiger partial charge is 0.318 e. The maximum absolute atomic E-state index is 15.0. The fourth-order valence-corrected chi connectivity index (χ4v) is 6.22. The Labute approximate surface area is 255 Å². The summed E-state index contributed by atoms with van der Waals surface area (Å²) in [5.41, 5.74) is 2.41. The molecule has 44 heavy (non-hydrogen) atoms. The molecule has 2 aromatic heterocycles. The van der Waals surface area contributed by atoms with Crippen molar-refractivity contribution >= 4 is 28.2 Å². The van der Waals surface area contributed by atoms with Crippen LogP contribution in [0.25, 0.3) is 15.6 Å². The number of amides is 1. The van der Waals surface area contributed by atoms with Gasteiger partial charge in [-0.15, -0.1) is 0 Å². The molecular weight excluding hydrogens is 566 g/mol. The van der Waals surface area contributed by atoms with E-state index in [2.05, 4.69) is 40.2 Å². The Balaban J connectivity index is 1.33. The zero-order valence-electron chi connectivity index (χ0n) is 25.0. The third kappa shape index (κ3) is 5.88. The zero-order chi connectivity index (χ0) is 31.0. The van der Waals surface area contributed by atoms with Gasteiger partial charge >= 0.3 is 6.01 Å². The van der Waals surface area contributed by atoms with Crippen LogP contribution in [0.15, 0.2) is 43.0 Å². The molecule has 6 rings (SSSR count). The second kappa shape index (κ2) is 12.3. The van der Waals surface area contributed by atoms with Crippen molar-refractivity contribution in [2.75, 3.05) is 56.2 Å². The first-order chi connectivity index (χ1) is 21.2. The molecule has 3 aromatic rings. The van der Waals surface area contributed by atoms with Crippen LogP contribution in [0.2, 0.25) is 0 Å². The van der Waals surface area contributed by atoms with Gasteiger partial charge in [0.2, 0.25) is 6.54 Å². The van der Waals surface area contributed by atoms with Crippen LogP contribution in [-0.4, -0.2) is 95.2 Å². The second-order valence-corrected chi connectivity index (χ2v) is 11.8. The van der Waals surface area contributed by atoms with Crippen LogP contribution >= 0.6 is 0 Å². The Morgan fingerprint density at radius 1 is 1.23 bits per heavy atom. The summed E-state index contributed by atoms with van der Waals surface area (Å²) >= 11 is 0. The number of piperazine rings is 1. The zero-order valence-corrected chi connectivity index (χ0v) is 25.0. The first-order valence-corrected chi connectivity index (χ1v) is 15.0. The highest BCUT2D eigenvalue weighted by molar-refractivity contribution is 5.94. The molecule has 12 heteroatoms. The number of halogens is 2. The summed E-state index contributed by atoms with van der Waals surface area (Å²) in [6.45, 7) is 15.1. The van der Waals surface area contributed by atoms with E-state index in [0.717, 1.165) is 16.6 Å². The van der Waals surface area contributed by atoms with Gasteiger partial charge in [-0.25, -0.2) is 15.4 Å². The van der Waals surface area contributed by atoms with Gasteiger partial charge < -0.3 is 24.3 Å². The first-order valence-electron chi connectivity index (χ1n) is 15.0. The Morgan fingerprint density at radius 2 is 2.05 bits per heavy atom. The van der Waals surface area contributed by atoms with Crippen molar-refractivity contribution in [2.45, 2.75) is 50.9 Å². The minimum atomic E-state index is -1.03. The van der Waals surface area contributed by atoms with E-state index in [1.807, 2.05) is 11.0 Å². The number of hydrogen-bond donors (Lipinski definition) is 0. The van der Waals surface area contributed by atoms with E-state index >= 15 is 4.39 Å². The first kappa shape index (κ1) is 29.7.